The molecule has 18 heavy (non-hydrogen) atoms. The summed E-state index contributed by atoms with van der Waals surface area (Å²) in [5, 5.41) is 0. The number of ether oxygens (including phenoxy) is 1. The molecule has 0 aliphatic heterocycles. The summed E-state index contributed by atoms with van der Waals surface area (Å²) in [6.07, 6.45) is 1.05. The smallest absolute Gasteiger partial charge is 0.255 e. The summed E-state index contributed by atoms with van der Waals surface area (Å²) in [6.45, 7) is 4.97. The maximum absolute atomic E-state index is 12.3. The highest BCUT2D eigenvalue weighted by molar-refractivity contribution is 5.99. The van der Waals surface area contributed by atoms with Gasteiger partial charge in [-0.2, -0.15) is 0 Å². The summed E-state index contributed by atoms with van der Waals surface area (Å²) in [5.74, 6) is 1.06. The van der Waals surface area contributed by atoms with Gasteiger partial charge in [0.1, 0.15) is 5.75 Å². The van der Waals surface area contributed by atoms with Gasteiger partial charge in [0.15, 0.2) is 0 Å². The fraction of sp³-hybridized carbons (Fsp3) is 0.500. The van der Waals surface area contributed by atoms with Crippen LogP contribution in [0.25, 0.3) is 0 Å². The molecule has 0 saturated carbocycles. The van der Waals surface area contributed by atoms with E-state index in [0.29, 0.717) is 22.9 Å². The molecule has 4 heteroatoms. The Morgan fingerprint density at radius 1 is 1.50 bits per heavy atom. The summed E-state index contributed by atoms with van der Waals surface area (Å²) in [6, 6.07) is 5.13. The zero-order valence-corrected chi connectivity index (χ0v) is 11.6. The topological polar surface area (TPSA) is 55.6 Å². The quantitative estimate of drug-likeness (QED) is 0.816. The van der Waals surface area contributed by atoms with Crippen LogP contribution in [-0.2, 0) is 0 Å². The number of hydrogen-bond acceptors (Lipinski definition) is 3. The minimum Gasteiger partial charge on any atom is -0.497 e. The van der Waals surface area contributed by atoms with Crippen LogP contribution >= 0.6 is 0 Å². The number of benzene rings is 1. The van der Waals surface area contributed by atoms with Crippen molar-refractivity contribution in [2.45, 2.75) is 20.3 Å². The fourth-order valence-corrected chi connectivity index (χ4v) is 1.73. The van der Waals surface area contributed by atoms with Gasteiger partial charge in [0, 0.05) is 19.3 Å². The molecule has 1 aromatic rings. The first-order valence-electron chi connectivity index (χ1n) is 6.18. The largest absolute Gasteiger partial charge is 0.497 e. The molecule has 0 spiro atoms. The number of nitrogens with two attached hydrogens (primary N) is 1. The van der Waals surface area contributed by atoms with Crippen molar-refractivity contribution >= 4 is 11.6 Å². The van der Waals surface area contributed by atoms with Gasteiger partial charge in [0.25, 0.3) is 5.91 Å². The maximum atomic E-state index is 12.3. The highest BCUT2D eigenvalue weighted by Gasteiger charge is 2.17. The van der Waals surface area contributed by atoms with Crippen molar-refractivity contribution in [1.82, 2.24) is 4.90 Å². The standard InChI is InChI=1S/C14H22N2O2/c1-5-10(2)9-16(3)14(17)12-8-11(18-4)6-7-13(12)15/h6-8,10H,5,9,15H2,1-4H3. The first kappa shape index (κ1) is 14.4. The van der Waals surface area contributed by atoms with Gasteiger partial charge >= 0.3 is 0 Å². The lowest BCUT2D eigenvalue weighted by atomic mass is 10.1. The van der Waals surface area contributed by atoms with Crippen molar-refractivity contribution in [2.24, 2.45) is 5.92 Å². The highest BCUT2D eigenvalue weighted by Crippen LogP contribution is 2.21. The van der Waals surface area contributed by atoms with E-state index in [9.17, 15) is 4.79 Å². The van der Waals surface area contributed by atoms with E-state index in [2.05, 4.69) is 13.8 Å². The monoisotopic (exact) mass is 250 g/mol. The minimum absolute atomic E-state index is 0.0632. The Bertz CT molecular complexity index is 418. The molecule has 0 aromatic heterocycles. The average molecular weight is 250 g/mol. The third kappa shape index (κ3) is 3.39. The summed E-state index contributed by atoms with van der Waals surface area (Å²) in [4.78, 5) is 14.0. The van der Waals surface area contributed by atoms with Crippen LogP contribution in [-0.4, -0.2) is 31.5 Å². The SMILES string of the molecule is CCC(C)CN(C)C(=O)c1cc(OC)ccc1N. The lowest BCUT2D eigenvalue weighted by Crippen LogP contribution is -2.31. The molecule has 0 aliphatic carbocycles. The van der Waals surface area contributed by atoms with Crippen molar-refractivity contribution in [3.63, 3.8) is 0 Å². The Labute approximate surface area is 109 Å². The number of hydrogen-bond donors (Lipinski definition) is 1. The first-order chi connectivity index (χ1) is 8.49. The Morgan fingerprint density at radius 3 is 2.72 bits per heavy atom. The van der Waals surface area contributed by atoms with Crippen LogP contribution < -0.4 is 10.5 Å². The van der Waals surface area contributed by atoms with E-state index in [-0.39, 0.29) is 5.91 Å². The van der Waals surface area contributed by atoms with E-state index in [1.165, 1.54) is 0 Å². The van der Waals surface area contributed by atoms with Crippen molar-refractivity contribution in [2.75, 3.05) is 26.4 Å². The minimum atomic E-state index is -0.0632. The van der Waals surface area contributed by atoms with Crippen LogP contribution in [0, 0.1) is 5.92 Å². The molecule has 0 heterocycles. The number of anilines is 1. The zero-order chi connectivity index (χ0) is 13.7. The van der Waals surface area contributed by atoms with Crippen molar-refractivity contribution in [3.8, 4) is 5.75 Å². The molecule has 100 valence electrons. The molecule has 2 N–H and O–H groups in total. The van der Waals surface area contributed by atoms with Crippen LogP contribution in [0.15, 0.2) is 18.2 Å². The van der Waals surface area contributed by atoms with Gasteiger partial charge in [-0.15, -0.1) is 0 Å². The van der Waals surface area contributed by atoms with Crippen LogP contribution in [0.5, 0.6) is 5.75 Å². The molecular weight excluding hydrogens is 228 g/mol. The predicted molar refractivity (Wildman–Crippen MR) is 73.8 cm³/mol. The van der Waals surface area contributed by atoms with Crippen LogP contribution in [0.2, 0.25) is 0 Å². The van der Waals surface area contributed by atoms with Gasteiger partial charge in [-0.25, -0.2) is 0 Å². The molecular formula is C14H22N2O2. The molecule has 1 atom stereocenters. The van der Waals surface area contributed by atoms with Gasteiger partial charge in [0.2, 0.25) is 0 Å². The van der Waals surface area contributed by atoms with Crippen LogP contribution in [0.1, 0.15) is 30.6 Å². The Hall–Kier alpha value is -1.71. The van der Waals surface area contributed by atoms with E-state index in [0.717, 1.165) is 13.0 Å². The fourth-order valence-electron chi connectivity index (χ4n) is 1.73. The summed E-state index contributed by atoms with van der Waals surface area (Å²) < 4.78 is 5.12. The predicted octanol–water partition coefficient (Wildman–Crippen LogP) is 2.40. The number of rotatable bonds is 5. The van der Waals surface area contributed by atoms with Gasteiger partial charge in [-0.05, 0) is 24.1 Å². The molecule has 1 unspecified atom stereocenters. The van der Waals surface area contributed by atoms with E-state index >= 15 is 0 Å². The second-order valence-corrected chi connectivity index (χ2v) is 4.65. The Kier molecular flexibility index (Phi) is 5.01. The van der Waals surface area contributed by atoms with Crippen LogP contribution in [0.4, 0.5) is 5.69 Å². The second-order valence-electron chi connectivity index (χ2n) is 4.65. The third-order valence-corrected chi connectivity index (χ3v) is 3.12. The van der Waals surface area contributed by atoms with Gasteiger partial charge < -0.3 is 15.4 Å². The van der Waals surface area contributed by atoms with E-state index in [1.54, 1.807) is 37.3 Å². The molecule has 0 radical (unpaired) electrons. The zero-order valence-electron chi connectivity index (χ0n) is 11.6. The third-order valence-electron chi connectivity index (χ3n) is 3.12. The van der Waals surface area contributed by atoms with E-state index < -0.39 is 0 Å². The van der Waals surface area contributed by atoms with Gasteiger partial charge in [0.05, 0.1) is 12.7 Å². The molecule has 0 fully saturated rings. The number of nitrogen functional groups attached to an aromatic ring is 1. The Morgan fingerprint density at radius 2 is 2.17 bits per heavy atom. The van der Waals surface area contributed by atoms with E-state index in [1.807, 2.05) is 0 Å². The summed E-state index contributed by atoms with van der Waals surface area (Å²) in [5.41, 5.74) is 6.83. The van der Waals surface area contributed by atoms with Crippen molar-refractivity contribution in [3.05, 3.63) is 23.8 Å². The molecule has 0 bridgehead atoms. The lowest BCUT2D eigenvalue weighted by Gasteiger charge is -2.21. The molecule has 0 aliphatic rings. The summed E-state index contributed by atoms with van der Waals surface area (Å²) >= 11 is 0. The lowest BCUT2D eigenvalue weighted by molar-refractivity contribution is 0.0775. The summed E-state index contributed by atoms with van der Waals surface area (Å²) in [7, 11) is 3.37. The second kappa shape index (κ2) is 6.28. The van der Waals surface area contributed by atoms with E-state index in [4.69, 9.17) is 10.5 Å². The molecule has 0 saturated heterocycles. The normalized spacial score (nSPS) is 12.0. The number of amides is 1. The molecule has 1 aromatic carbocycles. The van der Waals surface area contributed by atoms with Gasteiger partial charge in [-0.1, -0.05) is 20.3 Å². The van der Waals surface area contributed by atoms with Crippen molar-refractivity contribution < 1.29 is 9.53 Å². The first-order valence-corrected chi connectivity index (χ1v) is 6.18. The number of carbonyl (C=O) groups is 1. The molecule has 4 nitrogen and oxygen atoms in total. The van der Waals surface area contributed by atoms with Gasteiger partial charge in [-0.3, -0.25) is 4.79 Å². The molecule has 1 amide bonds. The maximum Gasteiger partial charge on any atom is 0.255 e. The highest BCUT2D eigenvalue weighted by atomic mass is 16.5. The number of nitrogens with zero attached hydrogens (tertiary/aromatic N) is 1. The van der Waals surface area contributed by atoms with Crippen LogP contribution in [0.3, 0.4) is 0 Å². The Balaban J connectivity index is 2.89. The number of carbonyl (C=O) groups excluding carboxylic acids is 1. The number of methoxy groups -OCH3 is 1. The van der Waals surface area contributed by atoms with Crippen molar-refractivity contribution in [1.29, 1.82) is 0 Å². The molecule has 1 rings (SSSR count). The average Bonchev–Trinajstić information content (AvgIpc) is 2.38.